The molecule has 19 heavy (non-hydrogen) atoms. The summed E-state index contributed by atoms with van der Waals surface area (Å²) in [6.07, 6.45) is 3.99. The van der Waals surface area contributed by atoms with Gasteiger partial charge >= 0.3 is 7.60 Å². The summed E-state index contributed by atoms with van der Waals surface area (Å²) in [5, 5.41) is 3.95. The van der Waals surface area contributed by atoms with Gasteiger partial charge in [0.15, 0.2) is 12.4 Å². The molecule has 0 saturated carbocycles. The SMILES string of the molecule is CCP(=O)(O/N=C(\C)c1ccc[n+](C)c1)OC(C)C. The molecule has 0 spiro atoms. The van der Waals surface area contributed by atoms with E-state index >= 15 is 0 Å². The Labute approximate surface area is 114 Å². The Bertz CT molecular complexity index is 500. The lowest BCUT2D eigenvalue weighted by atomic mass is 10.2. The number of oxime groups is 1. The molecule has 0 bridgehead atoms. The molecule has 1 heterocycles. The molecular weight excluding hydrogens is 263 g/mol. The summed E-state index contributed by atoms with van der Waals surface area (Å²) in [6.45, 7) is 7.21. The fourth-order valence-corrected chi connectivity index (χ4v) is 2.64. The molecule has 106 valence electrons. The van der Waals surface area contributed by atoms with Crippen LogP contribution in [0.4, 0.5) is 0 Å². The van der Waals surface area contributed by atoms with E-state index in [1.165, 1.54) is 0 Å². The van der Waals surface area contributed by atoms with E-state index in [0.717, 1.165) is 5.56 Å². The van der Waals surface area contributed by atoms with E-state index in [9.17, 15) is 4.57 Å². The van der Waals surface area contributed by atoms with Crippen LogP contribution in [0.3, 0.4) is 0 Å². The topological polar surface area (TPSA) is 51.8 Å². The van der Waals surface area contributed by atoms with Crippen LogP contribution in [-0.4, -0.2) is 18.0 Å². The summed E-state index contributed by atoms with van der Waals surface area (Å²) >= 11 is 0. The van der Waals surface area contributed by atoms with Crippen LogP contribution in [-0.2, 0) is 20.8 Å². The Kier molecular flexibility index (Phi) is 5.70. The molecule has 0 N–H and O–H groups in total. The van der Waals surface area contributed by atoms with Gasteiger partial charge < -0.3 is 4.62 Å². The van der Waals surface area contributed by atoms with Gasteiger partial charge in [-0.05, 0) is 26.8 Å². The second-order valence-corrected chi connectivity index (χ2v) is 6.83. The number of aryl methyl sites for hydroxylation is 1. The van der Waals surface area contributed by atoms with Crippen molar-refractivity contribution in [2.24, 2.45) is 12.2 Å². The smallest absolute Gasteiger partial charge is 0.314 e. The van der Waals surface area contributed by atoms with Crippen molar-refractivity contribution in [3.63, 3.8) is 0 Å². The lowest BCUT2D eigenvalue weighted by molar-refractivity contribution is -0.671. The second-order valence-electron chi connectivity index (χ2n) is 4.60. The first-order chi connectivity index (χ1) is 8.86. The van der Waals surface area contributed by atoms with Gasteiger partial charge in [0.05, 0.1) is 23.5 Å². The van der Waals surface area contributed by atoms with Crippen LogP contribution in [0, 0.1) is 0 Å². The highest BCUT2D eigenvalue weighted by atomic mass is 31.2. The highest BCUT2D eigenvalue weighted by Crippen LogP contribution is 2.49. The van der Waals surface area contributed by atoms with Gasteiger partial charge in [0, 0.05) is 6.07 Å². The average Bonchev–Trinajstić information content (AvgIpc) is 2.35. The van der Waals surface area contributed by atoms with Gasteiger partial charge in [0.25, 0.3) is 0 Å². The number of aromatic nitrogens is 1. The lowest BCUT2D eigenvalue weighted by Crippen LogP contribution is -2.27. The minimum absolute atomic E-state index is 0.157. The largest absolute Gasteiger partial charge is 0.400 e. The predicted molar refractivity (Wildman–Crippen MR) is 75.3 cm³/mol. The third-order valence-electron chi connectivity index (χ3n) is 2.42. The Morgan fingerprint density at radius 2 is 2.21 bits per heavy atom. The summed E-state index contributed by atoms with van der Waals surface area (Å²) in [7, 11) is -1.21. The van der Waals surface area contributed by atoms with Crippen molar-refractivity contribution in [3.05, 3.63) is 30.1 Å². The fraction of sp³-hybridized carbons (Fsp3) is 0.538. The van der Waals surface area contributed by atoms with Gasteiger partial charge in [-0.25, -0.2) is 9.13 Å². The van der Waals surface area contributed by atoms with Crippen LogP contribution in [0.5, 0.6) is 0 Å². The van der Waals surface area contributed by atoms with Crippen LogP contribution in [0.25, 0.3) is 0 Å². The molecule has 1 aromatic heterocycles. The normalized spacial score (nSPS) is 15.4. The maximum absolute atomic E-state index is 12.2. The van der Waals surface area contributed by atoms with Gasteiger partial charge in [-0.2, -0.15) is 0 Å². The van der Waals surface area contributed by atoms with Crippen LogP contribution in [0.2, 0.25) is 0 Å². The molecule has 0 aliphatic rings. The molecule has 0 aliphatic carbocycles. The highest BCUT2D eigenvalue weighted by Gasteiger charge is 2.25. The zero-order valence-electron chi connectivity index (χ0n) is 12.2. The van der Waals surface area contributed by atoms with Crippen LogP contribution >= 0.6 is 7.60 Å². The van der Waals surface area contributed by atoms with E-state index in [1.54, 1.807) is 6.92 Å². The van der Waals surface area contributed by atoms with Gasteiger partial charge in [0.1, 0.15) is 7.05 Å². The van der Waals surface area contributed by atoms with Crippen LogP contribution in [0.1, 0.15) is 33.3 Å². The number of nitrogens with zero attached hydrogens (tertiary/aromatic N) is 2. The summed E-state index contributed by atoms with van der Waals surface area (Å²) in [5.41, 5.74) is 1.58. The number of pyridine rings is 1. The molecule has 0 amide bonds. The van der Waals surface area contributed by atoms with Gasteiger partial charge in [-0.1, -0.05) is 12.1 Å². The molecule has 1 atom stereocenters. The lowest BCUT2D eigenvalue weighted by Gasteiger charge is -2.16. The van der Waals surface area contributed by atoms with E-state index in [-0.39, 0.29) is 6.10 Å². The van der Waals surface area contributed by atoms with Crippen molar-refractivity contribution >= 4 is 13.3 Å². The summed E-state index contributed by atoms with van der Waals surface area (Å²) in [5.74, 6) is 0. The number of rotatable bonds is 6. The summed E-state index contributed by atoms with van der Waals surface area (Å²) in [6, 6.07) is 3.83. The van der Waals surface area contributed by atoms with Crippen molar-refractivity contribution in [2.45, 2.75) is 33.8 Å². The monoisotopic (exact) mass is 285 g/mol. The Morgan fingerprint density at radius 3 is 2.74 bits per heavy atom. The van der Waals surface area contributed by atoms with Gasteiger partial charge in [0.2, 0.25) is 0 Å². The Hall–Kier alpha value is -1.19. The van der Waals surface area contributed by atoms with Gasteiger partial charge in [-0.3, -0.25) is 4.52 Å². The van der Waals surface area contributed by atoms with E-state index in [0.29, 0.717) is 11.9 Å². The molecular formula is C13H22N2O3P+. The molecule has 0 radical (unpaired) electrons. The minimum Gasteiger partial charge on any atom is -0.314 e. The first-order valence-electron chi connectivity index (χ1n) is 6.33. The molecule has 6 heteroatoms. The molecule has 1 rings (SSSR count). The quantitative estimate of drug-likeness (QED) is 0.349. The fourth-order valence-electron chi connectivity index (χ4n) is 1.45. The van der Waals surface area contributed by atoms with E-state index in [1.807, 2.05) is 56.9 Å². The maximum atomic E-state index is 12.2. The van der Waals surface area contributed by atoms with Crippen molar-refractivity contribution in [1.82, 2.24) is 0 Å². The number of hydrogen-bond acceptors (Lipinski definition) is 4. The first kappa shape index (κ1) is 15.9. The second kappa shape index (κ2) is 6.83. The molecule has 1 aromatic rings. The summed E-state index contributed by atoms with van der Waals surface area (Å²) in [4.78, 5) is 0. The summed E-state index contributed by atoms with van der Waals surface area (Å²) < 4.78 is 24.6. The predicted octanol–water partition coefficient (Wildman–Crippen LogP) is 2.89. The van der Waals surface area contributed by atoms with Crippen molar-refractivity contribution in [2.75, 3.05) is 6.16 Å². The first-order valence-corrected chi connectivity index (χ1v) is 8.05. The maximum Gasteiger partial charge on any atom is 0.400 e. The molecule has 0 saturated heterocycles. The Balaban J connectivity index is 2.82. The van der Waals surface area contributed by atoms with E-state index < -0.39 is 7.60 Å². The van der Waals surface area contributed by atoms with Gasteiger partial charge in [-0.15, -0.1) is 0 Å². The highest BCUT2D eigenvalue weighted by molar-refractivity contribution is 7.53. The van der Waals surface area contributed by atoms with E-state index in [2.05, 4.69) is 5.16 Å². The average molecular weight is 285 g/mol. The Morgan fingerprint density at radius 1 is 1.53 bits per heavy atom. The third kappa shape index (κ3) is 5.13. The molecule has 5 nitrogen and oxygen atoms in total. The van der Waals surface area contributed by atoms with Crippen molar-refractivity contribution in [3.8, 4) is 0 Å². The number of hydrogen-bond donors (Lipinski definition) is 0. The third-order valence-corrected chi connectivity index (χ3v) is 4.27. The molecule has 0 aromatic carbocycles. The van der Waals surface area contributed by atoms with Crippen LogP contribution in [0.15, 0.2) is 29.7 Å². The standard InChI is InChI=1S/C13H22N2O3P/c1-6-19(16,17-11(2)3)18-14-12(4)13-8-7-9-15(5)10-13/h7-11H,6H2,1-5H3/q+1/b14-12+. The zero-order chi connectivity index (χ0) is 14.5. The molecule has 0 fully saturated rings. The molecule has 1 unspecified atom stereocenters. The molecule has 0 aliphatic heterocycles. The van der Waals surface area contributed by atoms with Crippen molar-refractivity contribution < 1.29 is 18.3 Å². The van der Waals surface area contributed by atoms with E-state index in [4.69, 9.17) is 9.15 Å². The zero-order valence-corrected chi connectivity index (χ0v) is 13.1. The van der Waals surface area contributed by atoms with Crippen molar-refractivity contribution in [1.29, 1.82) is 0 Å². The van der Waals surface area contributed by atoms with Crippen LogP contribution < -0.4 is 4.57 Å². The minimum atomic E-state index is -3.14.